The predicted molar refractivity (Wildman–Crippen MR) is 54.4 cm³/mol. The zero-order valence-corrected chi connectivity index (χ0v) is 8.03. The molecule has 0 saturated carbocycles. The number of nitrogens with zero attached hydrogens (tertiary/aromatic N) is 1. The Balaban J connectivity index is 2.16. The molecule has 13 heavy (non-hydrogen) atoms. The highest BCUT2D eigenvalue weighted by atomic mass is 15.3. The van der Waals surface area contributed by atoms with Crippen molar-refractivity contribution in [1.82, 2.24) is 10.2 Å². The molecule has 1 N–H and O–H groups in total. The van der Waals surface area contributed by atoms with Gasteiger partial charge in [0.05, 0.1) is 6.17 Å². The van der Waals surface area contributed by atoms with Crippen LogP contribution in [-0.4, -0.2) is 24.5 Å². The fraction of sp³-hybridized carbons (Fsp3) is 0.455. The molecule has 0 spiro atoms. The Morgan fingerprint density at radius 1 is 1.38 bits per heavy atom. The largest absolute Gasteiger partial charge is 0.297 e. The minimum Gasteiger partial charge on any atom is -0.297 e. The fourth-order valence-corrected chi connectivity index (χ4v) is 1.91. The second-order valence-corrected chi connectivity index (χ2v) is 3.40. The van der Waals surface area contributed by atoms with Crippen molar-refractivity contribution in [3.63, 3.8) is 0 Å². The summed E-state index contributed by atoms with van der Waals surface area (Å²) in [5, 5.41) is 3.50. The predicted octanol–water partition coefficient (Wildman–Crippen LogP) is 1.61. The molecular formula is C11H16N2. The van der Waals surface area contributed by atoms with Gasteiger partial charge in [-0.05, 0) is 12.1 Å². The topological polar surface area (TPSA) is 15.3 Å². The van der Waals surface area contributed by atoms with Gasteiger partial charge in [-0.2, -0.15) is 0 Å². The molecular weight excluding hydrogens is 160 g/mol. The van der Waals surface area contributed by atoms with E-state index in [1.165, 1.54) is 5.56 Å². The molecule has 2 rings (SSSR count). The van der Waals surface area contributed by atoms with E-state index in [-0.39, 0.29) is 0 Å². The van der Waals surface area contributed by atoms with Crippen molar-refractivity contribution >= 4 is 0 Å². The molecule has 0 aliphatic carbocycles. The Morgan fingerprint density at radius 2 is 2.15 bits per heavy atom. The molecule has 1 aromatic rings. The van der Waals surface area contributed by atoms with Crippen LogP contribution in [0.5, 0.6) is 0 Å². The monoisotopic (exact) mass is 176 g/mol. The highest BCUT2D eigenvalue weighted by molar-refractivity contribution is 5.19. The van der Waals surface area contributed by atoms with Crippen LogP contribution < -0.4 is 5.32 Å². The Bertz CT molecular complexity index is 258. The summed E-state index contributed by atoms with van der Waals surface area (Å²) >= 11 is 0. The molecule has 1 aromatic carbocycles. The van der Waals surface area contributed by atoms with Crippen molar-refractivity contribution in [1.29, 1.82) is 0 Å². The second-order valence-electron chi connectivity index (χ2n) is 3.40. The summed E-state index contributed by atoms with van der Waals surface area (Å²) in [5.74, 6) is 0. The lowest BCUT2D eigenvalue weighted by molar-refractivity contribution is 0.258. The molecule has 1 unspecified atom stereocenters. The van der Waals surface area contributed by atoms with Crippen molar-refractivity contribution in [3.8, 4) is 0 Å². The maximum atomic E-state index is 3.50. The van der Waals surface area contributed by atoms with Crippen molar-refractivity contribution in [2.75, 3.05) is 19.6 Å². The maximum absolute atomic E-state index is 3.50. The number of benzene rings is 1. The van der Waals surface area contributed by atoms with Gasteiger partial charge in [0.25, 0.3) is 0 Å². The molecule has 0 radical (unpaired) electrons. The van der Waals surface area contributed by atoms with E-state index in [0.29, 0.717) is 6.17 Å². The van der Waals surface area contributed by atoms with E-state index in [4.69, 9.17) is 0 Å². The summed E-state index contributed by atoms with van der Waals surface area (Å²) in [4.78, 5) is 2.45. The minimum absolute atomic E-state index is 0.436. The molecule has 0 bridgehead atoms. The Kier molecular flexibility index (Phi) is 2.62. The van der Waals surface area contributed by atoms with Crippen molar-refractivity contribution in [2.45, 2.75) is 13.1 Å². The first-order valence-electron chi connectivity index (χ1n) is 4.94. The van der Waals surface area contributed by atoms with Crippen LogP contribution in [0.3, 0.4) is 0 Å². The molecule has 1 aliphatic rings. The molecule has 1 saturated heterocycles. The highest BCUT2D eigenvalue weighted by Gasteiger charge is 2.22. The van der Waals surface area contributed by atoms with Crippen molar-refractivity contribution in [2.24, 2.45) is 0 Å². The molecule has 70 valence electrons. The van der Waals surface area contributed by atoms with Gasteiger partial charge >= 0.3 is 0 Å². The zero-order chi connectivity index (χ0) is 9.10. The van der Waals surface area contributed by atoms with Crippen LogP contribution in [0.4, 0.5) is 0 Å². The number of likely N-dealkylation sites (N-methyl/N-ethyl adjacent to an activating group) is 1. The zero-order valence-electron chi connectivity index (χ0n) is 8.03. The van der Waals surface area contributed by atoms with Gasteiger partial charge in [-0.1, -0.05) is 37.3 Å². The van der Waals surface area contributed by atoms with Gasteiger partial charge < -0.3 is 0 Å². The molecule has 1 heterocycles. The highest BCUT2D eigenvalue weighted by Crippen LogP contribution is 2.20. The second kappa shape index (κ2) is 3.90. The average Bonchev–Trinajstić information content (AvgIpc) is 2.67. The van der Waals surface area contributed by atoms with E-state index in [1.807, 2.05) is 0 Å². The molecule has 2 nitrogen and oxygen atoms in total. The summed E-state index contributed by atoms with van der Waals surface area (Å²) < 4.78 is 0. The van der Waals surface area contributed by atoms with Gasteiger partial charge in [0.15, 0.2) is 0 Å². The van der Waals surface area contributed by atoms with Crippen LogP contribution in [0.25, 0.3) is 0 Å². The van der Waals surface area contributed by atoms with Crippen molar-refractivity contribution < 1.29 is 0 Å². The fourth-order valence-electron chi connectivity index (χ4n) is 1.91. The van der Waals surface area contributed by atoms with Gasteiger partial charge in [-0.3, -0.25) is 10.2 Å². The van der Waals surface area contributed by atoms with E-state index >= 15 is 0 Å². The molecule has 1 aliphatic heterocycles. The summed E-state index contributed by atoms with van der Waals surface area (Å²) in [5.41, 5.74) is 1.38. The SMILES string of the molecule is CCN1CCNC1c1ccccc1. The third-order valence-electron chi connectivity index (χ3n) is 2.62. The third-order valence-corrected chi connectivity index (χ3v) is 2.62. The van der Waals surface area contributed by atoms with Crippen LogP contribution >= 0.6 is 0 Å². The van der Waals surface area contributed by atoms with E-state index in [9.17, 15) is 0 Å². The van der Waals surface area contributed by atoms with Gasteiger partial charge in [0.1, 0.15) is 0 Å². The first kappa shape index (κ1) is 8.73. The lowest BCUT2D eigenvalue weighted by Gasteiger charge is -2.22. The van der Waals surface area contributed by atoms with Crippen molar-refractivity contribution in [3.05, 3.63) is 35.9 Å². The molecule has 0 amide bonds. The molecule has 0 aromatic heterocycles. The summed E-state index contributed by atoms with van der Waals surface area (Å²) in [6.45, 7) is 5.60. The Labute approximate surface area is 79.6 Å². The normalized spacial score (nSPS) is 23.6. The minimum atomic E-state index is 0.436. The molecule has 2 heteroatoms. The summed E-state index contributed by atoms with van der Waals surface area (Å²) in [6, 6.07) is 10.6. The maximum Gasteiger partial charge on any atom is 0.0861 e. The number of rotatable bonds is 2. The van der Waals surface area contributed by atoms with E-state index in [2.05, 4.69) is 47.5 Å². The third kappa shape index (κ3) is 1.74. The van der Waals surface area contributed by atoms with Crippen LogP contribution in [0, 0.1) is 0 Å². The molecule has 1 fully saturated rings. The quantitative estimate of drug-likeness (QED) is 0.736. The molecule has 1 atom stereocenters. The van der Waals surface area contributed by atoms with E-state index in [0.717, 1.165) is 19.6 Å². The number of hydrogen-bond acceptors (Lipinski definition) is 2. The average molecular weight is 176 g/mol. The van der Waals surface area contributed by atoms with Crippen LogP contribution in [0.1, 0.15) is 18.7 Å². The lowest BCUT2D eigenvalue weighted by Crippen LogP contribution is -2.27. The van der Waals surface area contributed by atoms with Gasteiger partial charge in [-0.15, -0.1) is 0 Å². The smallest absolute Gasteiger partial charge is 0.0861 e. The van der Waals surface area contributed by atoms with Gasteiger partial charge in [0, 0.05) is 13.1 Å². The Hall–Kier alpha value is -0.860. The van der Waals surface area contributed by atoms with Crippen LogP contribution in [0.2, 0.25) is 0 Å². The van der Waals surface area contributed by atoms with E-state index in [1.54, 1.807) is 0 Å². The van der Waals surface area contributed by atoms with Gasteiger partial charge in [0.2, 0.25) is 0 Å². The van der Waals surface area contributed by atoms with Crippen LogP contribution in [0.15, 0.2) is 30.3 Å². The Morgan fingerprint density at radius 3 is 2.85 bits per heavy atom. The summed E-state index contributed by atoms with van der Waals surface area (Å²) in [7, 11) is 0. The summed E-state index contributed by atoms with van der Waals surface area (Å²) in [6.07, 6.45) is 0.436. The number of hydrogen-bond donors (Lipinski definition) is 1. The van der Waals surface area contributed by atoms with Gasteiger partial charge in [-0.25, -0.2) is 0 Å². The first-order valence-corrected chi connectivity index (χ1v) is 4.94. The number of nitrogens with one attached hydrogen (secondary N) is 1. The standard InChI is InChI=1S/C11H16N2/c1-2-13-9-8-12-11(13)10-6-4-3-5-7-10/h3-7,11-12H,2,8-9H2,1H3. The van der Waals surface area contributed by atoms with E-state index < -0.39 is 0 Å². The van der Waals surface area contributed by atoms with Crippen LogP contribution in [-0.2, 0) is 0 Å². The first-order chi connectivity index (χ1) is 6.42. The lowest BCUT2D eigenvalue weighted by atomic mass is 10.1.